The molecular formula is C23H22N2O4S2. The van der Waals surface area contributed by atoms with Crippen molar-refractivity contribution in [3.63, 3.8) is 0 Å². The van der Waals surface area contributed by atoms with Gasteiger partial charge in [0.2, 0.25) is 0 Å². The summed E-state index contributed by atoms with van der Waals surface area (Å²) in [6.45, 7) is 0.543. The fraction of sp³-hybridized carbons (Fsp3) is 0.130. The summed E-state index contributed by atoms with van der Waals surface area (Å²) in [4.78, 5) is 12.6. The van der Waals surface area contributed by atoms with E-state index in [4.69, 9.17) is 17.0 Å². The molecule has 3 aromatic carbocycles. The normalized spacial score (nSPS) is 10.9. The van der Waals surface area contributed by atoms with Crippen molar-refractivity contribution in [3.05, 3.63) is 90.0 Å². The van der Waals surface area contributed by atoms with Crippen molar-refractivity contribution >= 4 is 38.8 Å². The van der Waals surface area contributed by atoms with E-state index in [9.17, 15) is 13.2 Å². The van der Waals surface area contributed by atoms with Crippen LogP contribution >= 0.6 is 12.2 Å². The van der Waals surface area contributed by atoms with E-state index >= 15 is 0 Å². The smallest absolute Gasteiger partial charge is 0.257 e. The van der Waals surface area contributed by atoms with Crippen LogP contribution in [-0.4, -0.2) is 32.3 Å². The summed E-state index contributed by atoms with van der Waals surface area (Å²) in [5.74, 6) is 0.320. The van der Waals surface area contributed by atoms with Crippen LogP contribution in [-0.2, 0) is 16.3 Å². The lowest BCUT2D eigenvalue weighted by Gasteiger charge is -2.11. The minimum Gasteiger partial charge on any atom is -0.493 e. The number of thiocarbonyl (C=S) groups is 1. The van der Waals surface area contributed by atoms with E-state index in [0.29, 0.717) is 23.6 Å². The van der Waals surface area contributed by atoms with Crippen molar-refractivity contribution in [2.24, 2.45) is 0 Å². The maximum absolute atomic E-state index is 12.4. The minimum atomic E-state index is -3.27. The van der Waals surface area contributed by atoms with Gasteiger partial charge in [0, 0.05) is 23.9 Å². The average molecular weight is 455 g/mol. The highest BCUT2D eigenvalue weighted by atomic mass is 32.2. The average Bonchev–Trinajstić information content (AvgIpc) is 2.74. The van der Waals surface area contributed by atoms with E-state index in [1.807, 2.05) is 30.3 Å². The van der Waals surface area contributed by atoms with Gasteiger partial charge in [-0.1, -0.05) is 30.3 Å². The Hall–Kier alpha value is -3.23. The molecule has 0 saturated carbocycles. The van der Waals surface area contributed by atoms with Gasteiger partial charge in [0.15, 0.2) is 14.9 Å². The van der Waals surface area contributed by atoms with Crippen LogP contribution in [0.5, 0.6) is 5.75 Å². The zero-order valence-corrected chi connectivity index (χ0v) is 18.5. The lowest BCUT2D eigenvalue weighted by molar-refractivity contribution is 0.0977. The van der Waals surface area contributed by atoms with Crippen molar-refractivity contribution in [2.75, 3.05) is 18.2 Å². The first-order valence-corrected chi connectivity index (χ1v) is 11.8. The van der Waals surface area contributed by atoms with Gasteiger partial charge in [-0.3, -0.25) is 10.1 Å². The summed E-state index contributed by atoms with van der Waals surface area (Å²) in [6.07, 6.45) is 1.94. The molecule has 160 valence electrons. The topological polar surface area (TPSA) is 84.5 Å². The lowest BCUT2D eigenvalue weighted by Crippen LogP contribution is -2.34. The Morgan fingerprint density at radius 2 is 1.58 bits per heavy atom. The standard InChI is InChI=1S/C23H22N2O4S2/c1-31(27,28)21-13-9-19(10-14-21)24-23(30)25-22(26)18-7-11-20(12-8-18)29-16-15-17-5-3-2-4-6-17/h2-14H,15-16H2,1H3,(H2,24,25,26,30). The predicted molar refractivity (Wildman–Crippen MR) is 125 cm³/mol. The highest BCUT2D eigenvalue weighted by Gasteiger charge is 2.10. The number of anilines is 1. The summed E-state index contributed by atoms with van der Waals surface area (Å²) < 4.78 is 28.7. The van der Waals surface area contributed by atoms with Crippen molar-refractivity contribution in [3.8, 4) is 5.75 Å². The van der Waals surface area contributed by atoms with Gasteiger partial charge in [-0.2, -0.15) is 0 Å². The summed E-state index contributed by atoms with van der Waals surface area (Å²) in [5.41, 5.74) is 2.21. The molecule has 0 aliphatic rings. The Morgan fingerprint density at radius 1 is 0.935 bits per heavy atom. The van der Waals surface area contributed by atoms with Gasteiger partial charge in [0.1, 0.15) is 5.75 Å². The van der Waals surface area contributed by atoms with E-state index in [2.05, 4.69) is 10.6 Å². The Kier molecular flexibility index (Phi) is 7.38. The second-order valence-corrected chi connectivity index (χ2v) is 9.24. The number of carbonyl (C=O) groups excluding carboxylic acids is 1. The lowest BCUT2D eigenvalue weighted by atomic mass is 10.2. The summed E-state index contributed by atoms with van der Waals surface area (Å²) in [5, 5.41) is 5.56. The molecule has 0 aromatic heterocycles. The molecule has 0 aliphatic carbocycles. The van der Waals surface area contributed by atoms with Crippen molar-refractivity contribution in [1.29, 1.82) is 0 Å². The number of amides is 1. The molecule has 0 heterocycles. The van der Waals surface area contributed by atoms with E-state index in [1.165, 1.54) is 17.7 Å². The molecular weight excluding hydrogens is 432 g/mol. The highest BCUT2D eigenvalue weighted by Crippen LogP contribution is 2.15. The van der Waals surface area contributed by atoms with Crippen molar-refractivity contribution in [1.82, 2.24) is 5.32 Å². The third-order valence-corrected chi connectivity index (χ3v) is 5.72. The third kappa shape index (κ3) is 6.91. The number of nitrogens with one attached hydrogen (secondary N) is 2. The molecule has 1 amide bonds. The SMILES string of the molecule is CS(=O)(=O)c1ccc(NC(=S)NC(=O)c2ccc(OCCc3ccccc3)cc2)cc1. The van der Waals surface area contributed by atoms with Crippen molar-refractivity contribution in [2.45, 2.75) is 11.3 Å². The summed E-state index contributed by atoms with van der Waals surface area (Å²) in [6, 6.07) is 23.0. The van der Waals surface area contributed by atoms with Crippen LogP contribution in [0, 0.1) is 0 Å². The highest BCUT2D eigenvalue weighted by molar-refractivity contribution is 7.90. The number of hydrogen-bond donors (Lipinski definition) is 2. The predicted octanol–water partition coefficient (Wildman–Crippen LogP) is 3.84. The maximum atomic E-state index is 12.4. The molecule has 0 atom stereocenters. The number of sulfone groups is 1. The van der Waals surface area contributed by atoms with Gasteiger partial charge in [-0.15, -0.1) is 0 Å². The molecule has 0 fully saturated rings. The Balaban J connectivity index is 1.49. The first-order chi connectivity index (χ1) is 14.8. The van der Waals surface area contributed by atoms with E-state index in [0.717, 1.165) is 12.7 Å². The van der Waals surface area contributed by atoms with Gasteiger partial charge >= 0.3 is 0 Å². The van der Waals surface area contributed by atoms with Gasteiger partial charge < -0.3 is 10.1 Å². The third-order valence-electron chi connectivity index (χ3n) is 4.39. The number of hydrogen-bond acceptors (Lipinski definition) is 5. The molecule has 0 bridgehead atoms. The Labute approximate surface area is 187 Å². The summed E-state index contributed by atoms with van der Waals surface area (Å²) >= 11 is 5.16. The van der Waals surface area contributed by atoms with Crippen LogP contribution in [0.25, 0.3) is 0 Å². The second-order valence-electron chi connectivity index (χ2n) is 6.81. The van der Waals surface area contributed by atoms with E-state index in [1.54, 1.807) is 36.4 Å². The molecule has 2 N–H and O–H groups in total. The first-order valence-electron chi connectivity index (χ1n) is 9.50. The molecule has 0 unspecified atom stereocenters. The second kappa shape index (κ2) is 10.2. The molecule has 6 nitrogen and oxygen atoms in total. The van der Waals surface area contributed by atoms with Gasteiger partial charge in [0.25, 0.3) is 5.91 Å². The maximum Gasteiger partial charge on any atom is 0.257 e. The number of benzene rings is 3. The van der Waals surface area contributed by atoms with Crippen LogP contribution in [0.3, 0.4) is 0 Å². The Morgan fingerprint density at radius 3 is 2.19 bits per heavy atom. The van der Waals surface area contributed by atoms with Crippen LogP contribution < -0.4 is 15.4 Å². The fourth-order valence-electron chi connectivity index (χ4n) is 2.76. The summed E-state index contributed by atoms with van der Waals surface area (Å²) in [7, 11) is -3.27. The minimum absolute atomic E-state index is 0.111. The molecule has 0 radical (unpaired) electrons. The molecule has 0 aliphatic heterocycles. The quantitative estimate of drug-likeness (QED) is 0.528. The van der Waals surface area contributed by atoms with E-state index in [-0.39, 0.29) is 15.9 Å². The van der Waals surface area contributed by atoms with Gasteiger partial charge in [-0.25, -0.2) is 8.42 Å². The molecule has 3 rings (SSSR count). The largest absolute Gasteiger partial charge is 0.493 e. The fourth-order valence-corrected chi connectivity index (χ4v) is 3.60. The van der Waals surface area contributed by atoms with Gasteiger partial charge in [-0.05, 0) is 66.3 Å². The van der Waals surface area contributed by atoms with Crippen LogP contribution in [0.15, 0.2) is 83.8 Å². The van der Waals surface area contributed by atoms with Crippen molar-refractivity contribution < 1.29 is 17.9 Å². The number of ether oxygens (including phenoxy) is 1. The zero-order chi connectivity index (χ0) is 22.3. The van der Waals surface area contributed by atoms with Gasteiger partial charge in [0.05, 0.1) is 11.5 Å². The number of carbonyl (C=O) groups is 1. The Bertz CT molecular complexity index is 1140. The molecule has 31 heavy (non-hydrogen) atoms. The first kappa shape index (κ1) is 22.5. The van der Waals surface area contributed by atoms with E-state index < -0.39 is 9.84 Å². The van der Waals surface area contributed by atoms with Crippen LogP contribution in [0.4, 0.5) is 5.69 Å². The molecule has 3 aromatic rings. The molecule has 0 spiro atoms. The van der Waals surface area contributed by atoms with Crippen LogP contribution in [0.2, 0.25) is 0 Å². The number of rotatable bonds is 7. The zero-order valence-electron chi connectivity index (χ0n) is 16.9. The molecule has 8 heteroatoms. The monoisotopic (exact) mass is 454 g/mol. The molecule has 0 saturated heterocycles. The van der Waals surface area contributed by atoms with Crippen LogP contribution in [0.1, 0.15) is 15.9 Å².